The molecule has 0 aliphatic rings. The Labute approximate surface area is 113 Å². The van der Waals surface area contributed by atoms with E-state index >= 15 is 0 Å². The van der Waals surface area contributed by atoms with Crippen LogP contribution in [0.15, 0.2) is 28.7 Å². The van der Waals surface area contributed by atoms with Crippen molar-refractivity contribution < 1.29 is 9.53 Å². The maximum atomic E-state index is 11.9. The average Bonchev–Trinajstić information content (AvgIpc) is 2.60. The number of rotatable bonds is 1. The Kier molecular flexibility index (Phi) is 3.27. The largest absolute Gasteiger partial charge is 0.456 e. The SMILES string of the molecule is CC(C)(C)OC(=O)c1cc2c(Br)cccc2s1. The van der Waals surface area contributed by atoms with Crippen LogP contribution in [0.3, 0.4) is 0 Å². The summed E-state index contributed by atoms with van der Waals surface area (Å²) >= 11 is 4.93. The van der Waals surface area contributed by atoms with Crippen LogP contribution in [0.4, 0.5) is 0 Å². The van der Waals surface area contributed by atoms with E-state index in [0.717, 1.165) is 14.6 Å². The van der Waals surface area contributed by atoms with Gasteiger partial charge in [0.15, 0.2) is 0 Å². The van der Waals surface area contributed by atoms with Crippen molar-refractivity contribution in [3.05, 3.63) is 33.6 Å². The highest BCUT2D eigenvalue weighted by atomic mass is 79.9. The molecule has 0 spiro atoms. The van der Waals surface area contributed by atoms with Crippen molar-refractivity contribution in [2.24, 2.45) is 0 Å². The molecule has 0 unspecified atom stereocenters. The minimum Gasteiger partial charge on any atom is -0.456 e. The third kappa shape index (κ3) is 2.87. The molecule has 0 saturated heterocycles. The van der Waals surface area contributed by atoms with Gasteiger partial charge in [0.25, 0.3) is 0 Å². The van der Waals surface area contributed by atoms with Gasteiger partial charge in [0, 0.05) is 14.6 Å². The number of halogens is 1. The number of ether oxygens (including phenoxy) is 1. The van der Waals surface area contributed by atoms with Crippen molar-refractivity contribution in [3.8, 4) is 0 Å². The first kappa shape index (κ1) is 12.6. The van der Waals surface area contributed by atoms with Gasteiger partial charge in [-0.2, -0.15) is 0 Å². The summed E-state index contributed by atoms with van der Waals surface area (Å²) in [6.07, 6.45) is 0. The minimum atomic E-state index is -0.454. The molecule has 0 fully saturated rings. The lowest BCUT2D eigenvalue weighted by Gasteiger charge is -2.18. The summed E-state index contributed by atoms with van der Waals surface area (Å²) in [5.41, 5.74) is -0.454. The fraction of sp³-hybridized carbons (Fsp3) is 0.308. The summed E-state index contributed by atoms with van der Waals surface area (Å²) in [5.74, 6) is -0.259. The normalized spacial score (nSPS) is 11.8. The summed E-state index contributed by atoms with van der Waals surface area (Å²) < 4.78 is 7.43. The van der Waals surface area contributed by atoms with Gasteiger partial charge in [-0.15, -0.1) is 11.3 Å². The number of benzene rings is 1. The molecule has 0 saturated carbocycles. The van der Waals surface area contributed by atoms with E-state index < -0.39 is 5.60 Å². The number of carbonyl (C=O) groups excluding carboxylic acids is 1. The van der Waals surface area contributed by atoms with Gasteiger partial charge < -0.3 is 4.74 Å². The van der Waals surface area contributed by atoms with Crippen LogP contribution in [0.2, 0.25) is 0 Å². The van der Waals surface area contributed by atoms with Crippen molar-refractivity contribution in [1.82, 2.24) is 0 Å². The van der Waals surface area contributed by atoms with Crippen LogP contribution >= 0.6 is 27.3 Å². The van der Waals surface area contributed by atoms with E-state index in [-0.39, 0.29) is 5.97 Å². The second-order valence-corrected chi connectivity index (χ2v) is 6.70. The number of esters is 1. The topological polar surface area (TPSA) is 26.3 Å². The van der Waals surface area contributed by atoms with E-state index in [4.69, 9.17) is 4.74 Å². The molecule has 0 aliphatic heterocycles. The first-order valence-electron chi connectivity index (χ1n) is 5.28. The van der Waals surface area contributed by atoms with Gasteiger partial charge in [0.1, 0.15) is 10.5 Å². The van der Waals surface area contributed by atoms with Gasteiger partial charge in [-0.25, -0.2) is 4.79 Å². The highest BCUT2D eigenvalue weighted by molar-refractivity contribution is 9.10. The van der Waals surface area contributed by atoms with E-state index in [0.29, 0.717) is 4.88 Å². The second kappa shape index (κ2) is 4.42. The van der Waals surface area contributed by atoms with Gasteiger partial charge in [0.2, 0.25) is 0 Å². The fourth-order valence-corrected chi connectivity index (χ4v) is 3.03. The molecule has 90 valence electrons. The smallest absolute Gasteiger partial charge is 0.348 e. The Morgan fingerprint density at radius 2 is 2.06 bits per heavy atom. The number of thiophene rings is 1. The van der Waals surface area contributed by atoms with Gasteiger partial charge in [-0.1, -0.05) is 22.0 Å². The molecule has 0 bridgehead atoms. The third-order valence-electron chi connectivity index (χ3n) is 2.11. The predicted octanol–water partition coefficient (Wildman–Crippen LogP) is 4.62. The molecule has 2 nitrogen and oxygen atoms in total. The molecule has 0 radical (unpaired) electrons. The van der Waals surface area contributed by atoms with E-state index in [1.54, 1.807) is 0 Å². The Morgan fingerprint density at radius 1 is 1.35 bits per heavy atom. The van der Waals surface area contributed by atoms with Crippen molar-refractivity contribution >= 4 is 43.3 Å². The van der Waals surface area contributed by atoms with Crippen molar-refractivity contribution in [3.63, 3.8) is 0 Å². The van der Waals surface area contributed by atoms with Crippen LogP contribution < -0.4 is 0 Å². The first-order valence-corrected chi connectivity index (χ1v) is 6.89. The zero-order valence-electron chi connectivity index (χ0n) is 9.91. The van der Waals surface area contributed by atoms with Crippen molar-refractivity contribution in [2.45, 2.75) is 26.4 Å². The maximum absolute atomic E-state index is 11.9. The molecular weight excluding hydrogens is 300 g/mol. The molecule has 1 aromatic heterocycles. The molecule has 0 atom stereocenters. The quantitative estimate of drug-likeness (QED) is 0.718. The van der Waals surface area contributed by atoms with Gasteiger partial charge in [0.05, 0.1) is 0 Å². The monoisotopic (exact) mass is 312 g/mol. The minimum absolute atomic E-state index is 0.259. The van der Waals surface area contributed by atoms with Crippen LogP contribution in [-0.4, -0.2) is 11.6 Å². The molecule has 2 rings (SSSR count). The standard InChI is InChI=1S/C13H13BrO2S/c1-13(2,3)16-12(15)11-7-8-9(14)5-4-6-10(8)17-11/h4-7H,1-3H3. The van der Waals surface area contributed by atoms with Gasteiger partial charge in [-0.05, 0) is 39.0 Å². The third-order valence-corrected chi connectivity index (χ3v) is 3.88. The molecule has 0 N–H and O–H groups in total. The summed E-state index contributed by atoms with van der Waals surface area (Å²) in [4.78, 5) is 12.6. The fourth-order valence-electron chi connectivity index (χ4n) is 1.45. The van der Waals surface area contributed by atoms with Crippen LogP contribution in [0.25, 0.3) is 10.1 Å². The van der Waals surface area contributed by atoms with Crippen LogP contribution in [0, 0.1) is 0 Å². The Hall–Kier alpha value is -0.870. The molecule has 0 amide bonds. The summed E-state index contributed by atoms with van der Waals surface area (Å²) in [6.45, 7) is 5.61. The second-order valence-electron chi connectivity index (χ2n) is 4.76. The number of hydrogen-bond donors (Lipinski definition) is 0. The highest BCUT2D eigenvalue weighted by Gasteiger charge is 2.20. The predicted molar refractivity (Wildman–Crippen MR) is 74.7 cm³/mol. The van der Waals surface area contributed by atoms with Gasteiger partial charge >= 0.3 is 5.97 Å². The highest BCUT2D eigenvalue weighted by Crippen LogP contribution is 2.32. The molecule has 2 aromatic rings. The van der Waals surface area contributed by atoms with Crippen LogP contribution in [-0.2, 0) is 4.74 Å². The van der Waals surface area contributed by atoms with E-state index in [2.05, 4.69) is 15.9 Å². The summed E-state index contributed by atoms with van der Waals surface area (Å²) in [7, 11) is 0. The molecule has 4 heteroatoms. The van der Waals surface area contributed by atoms with E-state index in [9.17, 15) is 4.79 Å². The summed E-state index contributed by atoms with van der Waals surface area (Å²) in [5, 5.41) is 1.05. The lowest BCUT2D eigenvalue weighted by molar-refractivity contribution is 0.00753. The average molecular weight is 313 g/mol. The Morgan fingerprint density at radius 3 is 2.65 bits per heavy atom. The summed E-state index contributed by atoms with van der Waals surface area (Å²) in [6, 6.07) is 7.80. The van der Waals surface area contributed by atoms with Crippen LogP contribution in [0.1, 0.15) is 30.4 Å². The van der Waals surface area contributed by atoms with E-state index in [1.807, 2.05) is 45.0 Å². The zero-order chi connectivity index (χ0) is 12.6. The van der Waals surface area contributed by atoms with Crippen molar-refractivity contribution in [1.29, 1.82) is 0 Å². The molecule has 1 aromatic carbocycles. The van der Waals surface area contributed by atoms with Gasteiger partial charge in [-0.3, -0.25) is 0 Å². The Bertz CT molecular complexity index is 566. The van der Waals surface area contributed by atoms with Crippen LogP contribution in [0.5, 0.6) is 0 Å². The lowest BCUT2D eigenvalue weighted by atomic mass is 10.2. The molecule has 1 heterocycles. The zero-order valence-corrected chi connectivity index (χ0v) is 12.3. The lowest BCUT2D eigenvalue weighted by Crippen LogP contribution is -2.23. The number of hydrogen-bond acceptors (Lipinski definition) is 3. The first-order chi connectivity index (χ1) is 7.87. The molecule has 0 aliphatic carbocycles. The molecule has 17 heavy (non-hydrogen) atoms. The van der Waals surface area contributed by atoms with E-state index in [1.165, 1.54) is 11.3 Å². The Balaban J connectivity index is 2.37. The number of carbonyl (C=O) groups is 1. The molecular formula is C13H13BrO2S. The van der Waals surface area contributed by atoms with Crippen molar-refractivity contribution in [2.75, 3.05) is 0 Å². The number of fused-ring (bicyclic) bond motifs is 1. The maximum Gasteiger partial charge on any atom is 0.348 e.